The summed E-state index contributed by atoms with van der Waals surface area (Å²) >= 11 is 0. The van der Waals surface area contributed by atoms with Crippen molar-refractivity contribution in [2.75, 3.05) is 11.4 Å². The molecule has 1 saturated carbocycles. The molecular weight excluding hydrogens is 374 g/mol. The van der Waals surface area contributed by atoms with Crippen LogP contribution in [0.25, 0.3) is 0 Å². The second-order valence-corrected chi connectivity index (χ2v) is 8.56. The summed E-state index contributed by atoms with van der Waals surface area (Å²) in [5.41, 5.74) is -1.73. The van der Waals surface area contributed by atoms with Gasteiger partial charge in [0.1, 0.15) is 11.3 Å². The molecule has 0 saturated heterocycles. The number of fused-ring (bicyclic) bond motifs is 4. The number of allylic oxidation sites excluding steroid dienone is 2. The Morgan fingerprint density at radius 3 is 2.57 bits per heavy atom. The summed E-state index contributed by atoms with van der Waals surface area (Å²) in [6.07, 6.45) is 4.06. The lowest BCUT2D eigenvalue weighted by Gasteiger charge is -2.52. The molecule has 1 spiro atoms. The molecule has 0 radical (unpaired) electrons. The van der Waals surface area contributed by atoms with Crippen molar-refractivity contribution in [3.63, 3.8) is 0 Å². The number of para-hydroxylation sites is 1. The topological polar surface area (TPSA) is 116 Å². The summed E-state index contributed by atoms with van der Waals surface area (Å²) < 4.78 is 0. The van der Waals surface area contributed by atoms with Gasteiger partial charge in [0, 0.05) is 18.2 Å². The highest BCUT2D eigenvalue weighted by Gasteiger charge is 2.74. The maximum absolute atomic E-state index is 14.2. The highest BCUT2D eigenvalue weighted by atomic mass is 16.2. The Morgan fingerprint density at radius 2 is 1.93 bits per heavy atom. The molecule has 3 aliphatic rings. The van der Waals surface area contributed by atoms with Crippen LogP contribution in [-0.4, -0.2) is 18.2 Å². The van der Waals surface area contributed by atoms with Gasteiger partial charge in [0.25, 0.3) is 0 Å². The molecule has 1 aromatic carbocycles. The third-order valence-electron chi connectivity index (χ3n) is 7.05. The normalized spacial score (nSPS) is 31.2. The van der Waals surface area contributed by atoms with Crippen LogP contribution in [0.4, 0.5) is 5.69 Å². The largest absolute Gasteiger partial charge is 0.311 e. The number of hydrogen-bond acceptors (Lipinski definition) is 5. The quantitative estimate of drug-likeness (QED) is 0.763. The Labute approximate surface area is 176 Å². The summed E-state index contributed by atoms with van der Waals surface area (Å²) in [5.74, 6) is -1.46. The summed E-state index contributed by atoms with van der Waals surface area (Å²) in [6.45, 7) is 4.53. The van der Waals surface area contributed by atoms with Gasteiger partial charge in [0.05, 0.1) is 23.9 Å². The SMILES string of the molecule is CCCN1C(=O)[C@]2(c3ccccc31)[C@@H]1C[C@H](C)CC=C1[C@@H](C#N)C(=N)C2(C#N)C#N. The third kappa shape index (κ3) is 2.10. The zero-order chi connectivity index (χ0) is 21.7. The minimum absolute atomic E-state index is 0.248. The molecule has 1 N–H and O–H groups in total. The zero-order valence-electron chi connectivity index (χ0n) is 17.1. The van der Waals surface area contributed by atoms with Gasteiger partial charge in [-0.25, -0.2) is 0 Å². The highest BCUT2D eigenvalue weighted by Crippen LogP contribution is 2.64. The summed E-state index contributed by atoms with van der Waals surface area (Å²) in [7, 11) is 0. The second-order valence-electron chi connectivity index (χ2n) is 8.56. The fourth-order valence-electron chi connectivity index (χ4n) is 5.80. The van der Waals surface area contributed by atoms with Gasteiger partial charge in [0.2, 0.25) is 11.3 Å². The van der Waals surface area contributed by atoms with Gasteiger partial charge < -0.3 is 10.3 Å². The van der Waals surface area contributed by atoms with Crippen LogP contribution < -0.4 is 4.90 Å². The first kappa shape index (κ1) is 19.9. The average Bonchev–Trinajstić information content (AvgIpc) is 3.00. The van der Waals surface area contributed by atoms with Crippen molar-refractivity contribution < 1.29 is 4.79 Å². The smallest absolute Gasteiger partial charge is 0.241 e. The predicted octanol–water partition coefficient (Wildman–Crippen LogP) is 3.86. The molecule has 0 bridgehead atoms. The van der Waals surface area contributed by atoms with Gasteiger partial charge in [0.15, 0.2) is 0 Å². The van der Waals surface area contributed by atoms with Crippen LogP contribution in [0, 0.1) is 62.6 Å². The molecule has 2 aliphatic carbocycles. The Hall–Kier alpha value is -3.43. The first-order valence-corrected chi connectivity index (χ1v) is 10.4. The molecule has 4 atom stereocenters. The Kier molecular flexibility index (Phi) is 4.52. The van der Waals surface area contributed by atoms with Crippen molar-refractivity contribution in [1.29, 1.82) is 21.2 Å². The molecular formula is C24H23N5O. The van der Waals surface area contributed by atoms with E-state index in [9.17, 15) is 20.6 Å². The van der Waals surface area contributed by atoms with E-state index in [1.165, 1.54) is 0 Å². The number of anilines is 1. The Bertz CT molecular complexity index is 1080. The van der Waals surface area contributed by atoms with Crippen molar-refractivity contribution in [2.45, 2.75) is 38.5 Å². The van der Waals surface area contributed by atoms with Gasteiger partial charge in [-0.1, -0.05) is 38.1 Å². The Balaban J connectivity index is 2.14. The van der Waals surface area contributed by atoms with Gasteiger partial charge in [-0.15, -0.1) is 0 Å². The molecule has 1 amide bonds. The predicted molar refractivity (Wildman–Crippen MR) is 111 cm³/mol. The standard InChI is InChI=1S/C24H23N5O/c1-3-10-29-20-7-5-4-6-18(20)24(22(29)30)19-11-15(2)8-9-16(19)17(12-25)21(28)23(24,13-26)14-27/h4-7,9,15,17,19,28H,3,8,10-11H2,1-2H3/t15-,17-,19-,24+/m1/s1. The summed E-state index contributed by atoms with van der Waals surface area (Å²) in [5, 5.41) is 39.4. The molecule has 30 heavy (non-hydrogen) atoms. The minimum atomic E-state index is -2.03. The Morgan fingerprint density at radius 1 is 1.23 bits per heavy atom. The number of rotatable bonds is 2. The van der Waals surface area contributed by atoms with Crippen LogP contribution >= 0.6 is 0 Å². The third-order valence-corrected chi connectivity index (χ3v) is 7.05. The van der Waals surface area contributed by atoms with E-state index in [1.807, 2.05) is 37.3 Å². The van der Waals surface area contributed by atoms with Crippen LogP contribution in [0.3, 0.4) is 0 Å². The van der Waals surface area contributed by atoms with Crippen LogP contribution in [0.1, 0.15) is 38.7 Å². The number of carbonyl (C=O) groups is 1. The van der Waals surface area contributed by atoms with E-state index in [-0.39, 0.29) is 17.5 Å². The zero-order valence-corrected chi connectivity index (χ0v) is 17.1. The molecule has 150 valence electrons. The fraction of sp³-hybridized carbons (Fsp3) is 0.458. The van der Waals surface area contributed by atoms with Crippen molar-refractivity contribution in [2.24, 2.45) is 23.2 Å². The van der Waals surface area contributed by atoms with Crippen molar-refractivity contribution in [1.82, 2.24) is 0 Å². The van der Waals surface area contributed by atoms with Crippen molar-refractivity contribution in [3.05, 3.63) is 41.5 Å². The lowest BCUT2D eigenvalue weighted by Crippen LogP contribution is -2.65. The van der Waals surface area contributed by atoms with Crippen LogP contribution in [-0.2, 0) is 10.2 Å². The molecule has 0 aromatic heterocycles. The van der Waals surface area contributed by atoms with Gasteiger partial charge in [-0.2, -0.15) is 15.8 Å². The van der Waals surface area contributed by atoms with E-state index in [0.29, 0.717) is 24.2 Å². The minimum Gasteiger partial charge on any atom is -0.311 e. The summed E-state index contributed by atoms with van der Waals surface area (Å²) in [4.78, 5) is 15.9. The second kappa shape index (κ2) is 6.82. The molecule has 4 rings (SSSR count). The molecule has 0 unspecified atom stereocenters. The number of nitrogens with zero attached hydrogens (tertiary/aromatic N) is 4. The number of nitrogens with one attached hydrogen (secondary N) is 1. The van der Waals surface area contributed by atoms with Gasteiger partial charge in [-0.05, 0) is 42.4 Å². The number of nitriles is 3. The molecule has 6 nitrogen and oxygen atoms in total. The van der Waals surface area contributed by atoms with E-state index in [2.05, 4.69) is 25.1 Å². The molecule has 1 heterocycles. The van der Waals surface area contributed by atoms with E-state index in [1.54, 1.807) is 4.90 Å². The number of benzene rings is 1. The first-order valence-electron chi connectivity index (χ1n) is 10.4. The van der Waals surface area contributed by atoms with E-state index >= 15 is 0 Å². The van der Waals surface area contributed by atoms with Crippen LogP contribution in [0.5, 0.6) is 0 Å². The van der Waals surface area contributed by atoms with Gasteiger partial charge >= 0.3 is 0 Å². The van der Waals surface area contributed by atoms with Crippen molar-refractivity contribution >= 4 is 17.3 Å². The molecule has 1 fully saturated rings. The monoisotopic (exact) mass is 397 g/mol. The lowest BCUT2D eigenvalue weighted by molar-refractivity contribution is -0.127. The van der Waals surface area contributed by atoms with Crippen molar-refractivity contribution in [3.8, 4) is 18.2 Å². The summed E-state index contributed by atoms with van der Waals surface area (Å²) in [6, 6.07) is 13.7. The van der Waals surface area contributed by atoms with E-state index in [0.717, 1.165) is 18.4 Å². The fourth-order valence-corrected chi connectivity index (χ4v) is 5.80. The molecule has 1 aromatic rings. The first-order chi connectivity index (χ1) is 14.4. The van der Waals surface area contributed by atoms with E-state index in [4.69, 9.17) is 5.41 Å². The maximum Gasteiger partial charge on any atom is 0.241 e. The van der Waals surface area contributed by atoms with Crippen LogP contribution in [0.15, 0.2) is 35.9 Å². The number of carbonyl (C=O) groups excluding carboxylic acids is 1. The van der Waals surface area contributed by atoms with Gasteiger partial charge in [-0.3, -0.25) is 4.79 Å². The highest BCUT2D eigenvalue weighted by molar-refractivity contribution is 6.17. The van der Waals surface area contributed by atoms with E-state index < -0.39 is 22.7 Å². The van der Waals surface area contributed by atoms with Crippen LogP contribution in [0.2, 0.25) is 0 Å². The number of amides is 1. The molecule has 6 heteroatoms. The lowest BCUT2D eigenvalue weighted by atomic mass is 9.44. The maximum atomic E-state index is 14.2. The molecule has 1 aliphatic heterocycles. The number of hydrogen-bond donors (Lipinski definition) is 1. The average molecular weight is 397 g/mol.